The Hall–Kier alpha value is -4.68. The second-order valence-electron chi connectivity index (χ2n) is 9.04. The van der Waals surface area contributed by atoms with Crippen molar-refractivity contribution in [3.8, 4) is 23.3 Å². The van der Waals surface area contributed by atoms with Crippen molar-refractivity contribution in [2.75, 3.05) is 25.0 Å². The summed E-state index contributed by atoms with van der Waals surface area (Å²) in [5, 5.41) is 16.2. The summed E-state index contributed by atoms with van der Waals surface area (Å²) in [5.41, 5.74) is 4.31. The van der Waals surface area contributed by atoms with Crippen molar-refractivity contribution in [3.63, 3.8) is 0 Å². The Kier molecular flexibility index (Phi) is 8.92. The molecule has 2 aromatic carbocycles. The van der Waals surface area contributed by atoms with E-state index in [4.69, 9.17) is 9.84 Å². The lowest BCUT2D eigenvalue weighted by atomic mass is 10.1. The van der Waals surface area contributed by atoms with E-state index in [1.807, 2.05) is 76.2 Å². The van der Waals surface area contributed by atoms with Crippen LogP contribution in [0.2, 0.25) is 0 Å². The van der Waals surface area contributed by atoms with Crippen LogP contribution in [-0.2, 0) is 0 Å². The SMILES string of the molecule is CCN(CCO)C(=O)NC(C)C#Cc1ccc2ncnc(Nc3ccc(Oc4ccc(C)nc4)c(C)c3)c2c1. The van der Waals surface area contributed by atoms with Crippen LogP contribution in [0.25, 0.3) is 10.9 Å². The third kappa shape index (κ3) is 7.21. The topological polar surface area (TPSA) is 113 Å². The molecule has 3 N–H and O–H groups in total. The van der Waals surface area contributed by atoms with Crippen molar-refractivity contribution in [2.24, 2.45) is 0 Å². The number of carbonyl (C=O) groups excluding carboxylic acids is 1. The number of nitrogens with one attached hydrogen (secondary N) is 2. The van der Waals surface area contributed by atoms with Crippen LogP contribution in [0.5, 0.6) is 11.5 Å². The number of benzene rings is 2. The monoisotopic (exact) mass is 524 g/mol. The molecular formula is C30H32N6O3. The molecule has 2 heterocycles. The number of fused-ring (bicyclic) bond motifs is 1. The Labute approximate surface area is 228 Å². The molecule has 0 spiro atoms. The van der Waals surface area contributed by atoms with Gasteiger partial charge in [0.15, 0.2) is 0 Å². The Bertz CT molecular complexity index is 1510. The van der Waals surface area contributed by atoms with Crippen LogP contribution >= 0.6 is 0 Å². The number of anilines is 2. The lowest BCUT2D eigenvalue weighted by Gasteiger charge is -2.21. The van der Waals surface area contributed by atoms with E-state index < -0.39 is 0 Å². The third-order valence-electron chi connectivity index (χ3n) is 6.00. The fourth-order valence-corrected chi connectivity index (χ4v) is 3.88. The number of urea groups is 1. The zero-order valence-corrected chi connectivity index (χ0v) is 22.5. The van der Waals surface area contributed by atoms with Gasteiger partial charge in [0.1, 0.15) is 23.6 Å². The van der Waals surface area contributed by atoms with E-state index in [1.165, 1.54) is 11.2 Å². The summed E-state index contributed by atoms with van der Waals surface area (Å²) < 4.78 is 5.99. The molecule has 0 radical (unpaired) electrons. The molecule has 0 saturated carbocycles. The highest BCUT2D eigenvalue weighted by atomic mass is 16.5. The summed E-state index contributed by atoms with van der Waals surface area (Å²) in [6.07, 6.45) is 3.23. The first-order valence-electron chi connectivity index (χ1n) is 12.8. The molecule has 0 aliphatic rings. The predicted molar refractivity (Wildman–Crippen MR) is 152 cm³/mol. The van der Waals surface area contributed by atoms with Crippen molar-refractivity contribution < 1.29 is 14.6 Å². The van der Waals surface area contributed by atoms with E-state index in [0.717, 1.165) is 39.2 Å². The molecule has 9 heteroatoms. The number of aliphatic hydroxyl groups excluding tert-OH is 1. The van der Waals surface area contributed by atoms with Gasteiger partial charge in [-0.15, -0.1) is 0 Å². The first-order chi connectivity index (χ1) is 18.9. The quantitative estimate of drug-likeness (QED) is 0.280. The standard InChI is InChI=1S/C30H32N6O3/c1-5-36(14-15-37)30(38)34-22(4)6-8-23-9-12-27-26(17-23)29(33-19-32-27)35-24-10-13-28(20(2)16-24)39-25-11-7-21(3)31-18-25/h7,9-13,16-19,22,37H,5,14-15H2,1-4H3,(H,34,38)(H,32,33,35). The van der Waals surface area contributed by atoms with Crippen molar-refractivity contribution in [3.05, 3.63) is 77.9 Å². The number of aryl methyl sites for hydroxylation is 2. The summed E-state index contributed by atoms with van der Waals surface area (Å²) in [6, 6.07) is 14.7. The second kappa shape index (κ2) is 12.7. The number of ether oxygens (including phenoxy) is 1. The van der Waals surface area contributed by atoms with E-state index in [-0.39, 0.29) is 25.2 Å². The molecule has 0 fully saturated rings. The number of rotatable bonds is 8. The van der Waals surface area contributed by atoms with Crippen molar-refractivity contribution in [1.29, 1.82) is 0 Å². The van der Waals surface area contributed by atoms with Gasteiger partial charge < -0.3 is 25.4 Å². The molecule has 1 atom stereocenters. The number of amides is 2. The summed E-state index contributed by atoms with van der Waals surface area (Å²) >= 11 is 0. The summed E-state index contributed by atoms with van der Waals surface area (Å²) in [6.45, 7) is 8.30. The minimum absolute atomic E-state index is 0.0838. The van der Waals surface area contributed by atoms with Crippen molar-refractivity contribution >= 4 is 28.4 Å². The molecule has 0 saturated heterocycles. The van der Waals surface area contributed by atoms with Gasteiger partial charge in [-0.25, -0.2) is 14.8 Å². The lowest BCUT2D eigenvalue weighted by Crippen LogP contribution is -2.44. The average molecular weight is 525 g/mol. The Morgan fingerprint density at radius 2 is 1.95 bits per heavy atom. The van der Waals surface area contributed by atoms with Gasteiger partial charge in [0.2, 0.25) is 0 Å². The van der Waals surface area contributed by atoms with Gasteiger partial charge in [0, 0.05) is 35.4 Å². The molecule has 200 valence electrons. The molecular weight excluding hydrogens is 492 g/mol. The molecule has 4 aromatic rings. The molecule has 2 aromatic heterocycles. The number of hydrogen-bond donors (Lipinski definition) is 3. The fourth-order valence-electron chi connectivity index (χ4n) is 3.88. The van der Waals surface area contributed by atoms with Crippen LogP contribution in [-0.4, -0.2) is 56.7 Å². The summed E-state index contributed by atoms with van der Waals surface area (Å²) in [4.78, 5) is 27.0. The molecule has 0 aliphatic heterocycles. The zero-order valence-electron chi connectivity index (χ0n) is 22.5. The Morgan fingerprint density at radius 1 is 1.10 bits per heavy atom. The fraction of sp³-hybridized carbons (Fsp3) is 0.267. The van der Waals surface area contributed by atoms with Crippen LogP contribution in [0.3, 0.4) is 0 Å². The highest BCUT2D eigenvalue weighted by Gasteiger charge is 2.12. The minimum Gasteiger partial charge on any atom is -0.455 e. The molecule has 0 aliphatic carbocycles. The molecule has 39 heavy (non-hydrogen) atoms. The number of likely N-dealkylation sites (N-methyl/N-ethyl adjacent to an activating group) is 1. The van der Waals surface area contributed by atoms with E-state index in [9.17, 15) is 4.79 Å². The largest absolute Gasteiger partial charge is 0.455 e. The van der Waals surface area contributed by atoms with Crippen molar-refractivity contribution in [2.45, 2.75) is 33.7 Å². The van der Waals surface area contributed by atoms with E-state index in [2.05, 4.69) is 37.4 Å². The number of nitrogens with zero attached hydrogens (tertiary/aromatic N) is 4. The maximum Gasteiger partial charge on any atom is 0.318 e. The molecule has 2 amide bonds. The zero-order chi connectivity index (χ0) is 27.8. The Morgan fingerprint density at radius 3 is 2.67 bits per heavy atom. The van der Waals surface area contributed by atoms with Crippen molar-refractivity contribution in [1.82, 2.24) is 25.2 Å². The Balaban J connectivity index is 1.50. The van der Waals surface area contributed by atoms with Gasteiger partial charge in [-0.1, -0.05) is 11.8 Å². The molecule has 1 unspecified atom stereocenters. The first-order valence-corrected chi connectivity index (χ1v) is 12.8. The second-order valence-corrected chi connectivity index (χ2v) is 9.04. The summed E-state index contributed by atoms with van der Waals surface area (Å²) in [7, 11) is 0. The van der Waals surface area contributed by atoms with E-state index in [0.29, 0.717) is 18.1 Å². The maximum absolute atomic E-state index is 12.3. The van der Waals surface area contributed by atoms with Crippen LogP contribution in [0.1, 0.15) is 30.7 Å². The highest BCUT2D eigenvalue weighted by Crippen LogP contribution is 2.29. The normalized spacial score (nSPS) is 11.3. The van der Waals surface area contributed by atoms with Crippen LogP contribution in [0.15, 0.2) is 61.1 Å². The smallest absolute Gasteiger partial charge is 0.318 e. The van der Waals surface area contributed by atoms with Gasteiger partial charge in [-0.3, -0.25) is 4.98 Å². The maximum atomic E-state index is 12.3. The number of aromatic nitrogens is 3. The molecule has 9 nitrogen and oxygen atoms in total. The number of aliphatic hydroxyl groups is 1. The third-order valence-corrected chi connectivity index (χ3v) is 6.00. The van der Waals surface area contributed by atoms with Gasteiger partial charge in [0.25, 0.3) is 0 Å². The molecule has 0 bridgehead atoms. The number of carbonyl (C=O) groups is 1. The van der Waals surface area contributed by atoms with Gasteiger partial charge in [-0.2, -0.15) is 0 Å². The van der Waals surface area contributed by atoms with Gasteiger partial charge >= 0.3 is 6.03 Å². The van der Waals surface area contributed by atoms with E-state index >= 15 is 0 Å². The highest BCUT2D eigenvalue weighted by molar-refractivity contribution is 5.91. The summed E-state index contributed by atoms with van der Waals surface area (Å²) in [5.74, 6) is 8.28. The van der Waals surface area contributed by atoms with Crippen LogP contribution in [0, 0.1) is 25.7 Å². The van der Waals surface area contributed by atoms with E-state index in [1.54, 1.807) is 6.20 Å². The predicted octanol–water partition coefficient (Wildman–Crippen LogP) is 4.94. The lowest BCUT2D eigenvalue weighted by molar-refractivity contribution is 0.179. The average Bonchev–Trinajstić information content (AvgIpc) is 2.93. The van der Waals surface area contributed by atoms with Crippen LogP contribution < -0.4 is 15.4 Å². The van der Waals surface area contributed by atoms with Gasteiger partial charge in [-0.05, 0) is 81.8 Å². The first kappa shape index (κ1) is 27.4. The minimum atomic E-state index is -0.370. The van der Waals surface area contributed by atoms with Crippen LogP contribution in [0.4, 0.5) is 16.3 Å². The van der Waals surface area contributed by atoms with Gasteiger partial charge in [0.05, 0.1) is 24.4 Å². The molecule has 4 rings (SSSR count). The number of hydrogen-bond acceptors (Lipinski definition) is 7. The number of pyridine rings is 1.